The molecule has 2 heterocycles. The number of likely N-dealkylation sites (N-methyl/N-ethyl adjacent to an activating group) is 1. The Morgan fingerprint density at radius 2 is 2.18 bits per heavy atom. The van der Waals surface area contributed by atoms with Crippen molar-refractivity contribution in [1.82, 2.24) is 15.5 Å². The average Bonchev–Trinajstić information content (AvgIpc) is 2.62. The zero-order valence-electron chi connectivity index (χ0n) is 16.4. The van der Waals surface area contributed by atoms with E-state index < -0.39 is 6.43 Å². The van der Waals surface area contributed by atoms with Crippen molar-refractivity contribution in [1.29, 1.82) is 5.41 Å². The van der Waals surface area contributed by atoms with E-state index in [-0.39, 0.29) is 11.6 Å². The minimum atomic E-state index is -2.62. The molecule has 3 rings (SSSR count). The summed E-state index contributed by atoms with van der Waals surface area (Å²) in [5.41, 5.74) is 2.08. The highest BCUT2D eigenvalue weighted by atomic mass is 19.3. The molecule has 0 radical (unpaired) electrons. The smallest absolute Gasteiger partial charge is 0.264 e. The molecule has 0 bridgehead atoms. The molecule has 1 saturated heterocycles. The largest absolute Gasteiger partial charge is 0.350 e. The van der Waals surface area contributed by atoms with E-state index in [4.69, 9.17) is 5.41 Å². The first-order valence-corrected chi connectivity index (χ1v) is 9.37. The lowest BCUT2D eigenvalue weighted by molar-refractivity contribution is 0.151. The van der Waals surface area contributed by atoms with Crippen molar-refractivity contribution in [3.05, 3.63) is 46.7 Å². The van der Waals surface area contributed by atoms with Crippen molar-refractivity contribution in [3.8, 4) is 0 Å². The van der Waals surface area contributed by atoms with Crippen molar-refractivity contribution in [2.75, 3.05) is 20.1 Å². The van der Waals surface area contributed by atoms with Gasteiger partial charge in [0.05, 0.1) is 5.70 Å². The molecule has 1 fully saturated rings. The van der Waals surface area contributed by atoms with Gasteiger partial charge in [-0.05, 0) is 52.4 Å². The zero-order chi connectivity index (χ0) is 20.3. The summed E-state index contributed by atoms with van der Waals surface area (Å²) in [6, 6.07) is 5.11. The molecule has 1 atom stereocenters. The van der Waals surface area contributed by atoms with Crippen LogP contribution in [0, 0.1) is 12.3 Å². The summed E-state index contributed by atoms with van der Waals surface area (Å²) in [6.07, 6.45) is 1.08. The molecule has 1 aromatic rings. The minimum Gasteiger partial charge on any atom is -0.350 e. The predicted molar refractivity (Wildman–Crippen MR) is 108 cm³/mol. The van der Waals surface area contributed by atoms with E-state index in [9.17, 15) is 8.78 Å². The first-order valence-electron chi connectivity index (χ1n) is 9.37. The first kappa shape index (κ1) is 20.1. The van der Waals surface area contributed by atoms with Crippen LogP contribution < -0.4 is 10.6 Å². The number of likely N-dealkylation sites (tertiary alicyclic amines) is 1. The van der Waals surface area contributed by atoms with Crippen molar-refractivity contribution in [2.45, 2.75) is 39.2 Å². The van der Waals surface area contributed by atoms with Crippen molar-refractivity contribution >= 4 is 17.4 Å². The maximum atomic E-state index is 13.6. The molecule has 150 valence electrons. The van der Waals surface area contributed by atoms with Crippen LogP contribution in [0.3, 0.4) is 0 Å². The van der Waals surface area contributed by atoms with Gasteiger partial charge >= 0.3 is 0 Å². The third-order valence-corrected chi connectivity index (χ3v) is 4.78. The third-order valence-electron chi connectivity index (χ3n) is 4.78. The second-order valence-electron chi connectivity index (χ2n) is 7.40. The molecular weight excluding hydrogens is 362 g/mol. The van der Waals surface area contributed by atoms with Gasteiger partial charge in [-0.25, -0.2) is 8.78 Å². The number of nitrogens with zero attached hydrogens (tertiary/aromatic N) is 3. The lowest BCUT2D eigenvalue weighted by atomic mass is 9.98. The number of hydrogen-bond donors (Lipinski definition) is 3. The molecular formula is C20H26F2N6. The van der Waals surface area contributed by atoms with Gasteiger partial charge in [-0.3, -0.25) is 0 Å². The number of allylic oxidation sites excluding steroid dienone is 2. The number of hydrogen-bond acceptors (Lipinski definition) is 6. The number of halogens is 2. The molecule has 0 spiro atoms. The fourth-order valence-corrected chi connectivity index (χ4v) is 3.51. The van der Waals surface area contributed by atoms with Gasteiger partial charge in [-0.1, -0.05) is 17.7 Å². The SMILES string of the molecule is CC(=N)/C=C1\NC(NC2CCCN(C)C2)=NN=C1c1ccc(C)cc1C(F)F. The number of rotatable bonds is 4. The van der Waals surface area contributed by atoms with Gasteiger partial charge in [-0.2, -0.15) is 0 Å². The Hall–Kier alpha value is -2.61. The third kappa shape index (κ3) is 4.81. The Bertz CT molecular complexity index is 843. The van der Waals surface area contributed by atoms with Crippen LogP contribution in [-0.2, 0) is 0 Å². The van der Waals surface area contributed by atoms with E-state index >= 15 is 0 Å². The molecule has 8 heteroatoms. The normalized spacial score (nSPS) is 21.9. The van der Waals surface area contributed by atoms with Gasteiger partial charge in [0.2, 0.25) is 5.96 Å². The number of benzene rings is 1. The van der Waals surface area contributed by atoms with Crippen LogP contribution in [0.5, 0.6) is 0 Å². The Labute approximate surface area is 163 Å². The summed E-state index contributed by atoms with van der Waals surface area (Å²) in [4.78, 5) is 2.25. The van der Waals surface area contributed by atoms with Crippen molar-refractivity contribution < 1.29 is 8.78 Å². The lowest BCUT2D eigenvalue weighted by Crippen LogP contribution is -2.51. The molecule has 0 saturated carbocycles. The van der Waals surface area contributed by atoms with Crippen LogP contribution in [0.1, 0.15) is 42.9 Å². The number of nitrogens with one attached hydrogen (secondary N) is 3. The molecule has 0 amide bonds. The number of aryl methyl sites for hydroxylation is 1. The summed E-state index contributed by atoms with van der Waals surface area (Å²) >= 11 is 0. The molecule has 28 heavy (non-hydrogen) atoms. The maximum absolute atomic E-state index is 13.6. The van der Waals surface area contributed by atoms with E-state index in [0.29, 0.717) is 28.6 Å². The highest BCUT2D eigenvalue weighted by Crippen LogP contribution is 2.27. The molecule has 1 aromatic carbocycles. The molecule has 0 aliphatic carbocycles. The van der Waals surface area contributed by atoms with Crippen molar-refractivity contribution in [3.63, 3.8) is 0 Å². The minimum absolute atomic E-state index is 0.0883. The molecule has 6 nitrogen and oxygen atoms in total. The number of alkyl halides is 2. The summed E-state index contributed by atoms with van der Waals surface area (Å²) in [5.74, 6) is 0.474. The van der Waals surface area contributed by atoms with Gasteiger partial charge in [-0.15, -0.1) is 10.2 Å². The molecule has 2 aliphatic heterocycles. The van der Waals surface area contributed by atoms with E-state index in [2.05, 4.69) is 32.8 Å². The Balaban J connectivity index is 1.94. The van der Waals surface area contributed by atoms with Crippen LogP contribution in [-0.4, -0.2) is 48.5 Å². The van der Waals surface area contributed by atoms with E-state index in [0.717, 1.165) is 31.5 Å². The number of piperidine rings is 1. The van der Waals surface area contributed by atoms with E-state index in [1.54, 1.807) is 32.1 Å². The summed E-state index contributed by atoms with van der Waals surface area (Å²) in [6.45, 7) is 5.37. The summed E-state index contributed by atoms with van der Waals surface area (Å²) in [5, 5.41) is 22.7. The Kier molecular flexibility index (Phi) is 6.18. The molecule has 1 unspecified atom stereocenters. The highest BCUT2D eigenvalue weighted by Gasteiger charge is 2.25. The van der Waals surface area contributed by atoms with Gasteiger partial charge < -0.3 is 20.9 Å². The van der Waals surface area contributed by atoms with Gasteiger partial charge in [0, 0.05) is 29.4 Å². The van der Waals surface area contributed by atoms with Crippen LogP contribution >= 0.6 is 0 Å². The average molecular weight is 388 g/mol. The number of guanidine groups is 1. The predicted octanol–water partition coefficient (Wildman–Crippen LogP) is 3.20. The topological polar surface area (TPSA) is 75.9 Å². The van der Waals surface area contributed by atoms with Gasteiger partial charge in [0.15, 0.2) is 0 Å². The second-order valence-corrected chi connectivity index (χ2v) is 7.40. The Morgan fingerprint density at radius 3 is 2.86 bits per heavy atom. The van der Waals surface area contributed by atoms with Crippen LogP contribution in [0.4, 0.5) is 8.78 Å². The molecule has 2 aliphatic rings. The maximum Gasteiger partial charge on any atom is 0.264 e. The lowest BCUT2D eigenvalue weighted by Gasteiger charge is -2.32. The monoisotopic (exact) mass is 388 g/mol. The van der Waals surface area contributed by atoms with E-state index in [1.165, 1.54) is 6.07 Å². The first-order chi connectivity index (χ1) is 13.3. The van der Waals surface area contributed by atoms with Gasteiger partial charge in [0.25, 0.3) is 6.43 Å². The molecule has 0 aromatic heterocycles. The molecule has 3 N–H and O–H groups in total. The van der Waals surface area contributed by atoms with Gasteiger partial charge in [0.1, 0.15) is 5.71 Å². The van der Waals surface area contributed by atoms with Crippen molar-refractivity contribution in [2.24, 2.45) is 10.2 Å². The summed E-state index contributed by atoms with van der Waals surface area (Å²) < 4.78 is 27.2. The second kappa shape index (κ2) is 8.60. The quantitative estimate of drug-likeness (QED) is 0.694. The Morgan fingerprint density at radius 1 is 1.39 bits per heavy atom. The van der Waals surface area contributed by atoms with Crippen LogP contribution in [0.25, 0.3) is 0 Å². The standard InChI is InChI=1S/C20H26F2N6/c1-12-6-7-15(16(9-12)19(21)22)18-17(10-13(2)23)25-20(27-26-18)24-14-5-4-8-28(3)11-14/h6-7,9-10,14,19,23H,4-5,8,11H2,1-3H3,(H2,24,25,27)/b17-10-,23-13?. The fourth-order valence-electron chi connectivity index (χ4n) is 3.51. The summed E-state index contributed by atoms with van der Waals surface area (Å²) in [7, 11) is 2.08. The van der Waals surface area contributed by atoms with E-state index in [1.807, 2.05) is 0 Å². The highest BCUT2D eigenvalue weighted by molar-refractivity contribution is 6.18. The van der Waals surface area contributed by atoms with Crippen LogP contribution in [0.15, 0.2) is 40.2 Å². The van der Waals surface area contributed by atoms with Crippen LogP contribution in [0.2, 0.25) is 0 Å². The zero-order valence-corrected chi connectivity index (χ0v) is 16.4. The fraction of sp³-hybridized carbons (Fsp3) is 0.450.